The van der Waals surface area contributed by atoms with Gasteiger partial charge in [0.15, 0.2) is 0 Å². The van der Waals surface area contributed by atoms with Crippen LogP contribution in [-0.2, 0) is 17.6 Å². The normalized spacial score (nSPS) is 13.7. The number of anilines is 2. The Kier molecular flexibility index (Phi) is 7.42. The largest absolute Gasteiger partial charge is 0.378 e. The molecule has 0 atom stereocenters. The topological polar surface area (TPSA) is 93.4 Å². The monoisotopic (exact) mass is 465 g/mol. The zero-order chi connectivity index (χ0) is 23.2. The number of carbonyl (C=O) groups excluding carboxylic acids is 1. The summed E-state index contributed by atoms with van der Waals surface area (Å²) in [5.41, 5.74) is 11.6. The fraction of sp³-hybridized carbons (Fsp3) is 0.320. The standard InChI is InChI=1S/C25H28ClN5O2/c1-17-21(6-3-7-22(17)26)23-16-20(28-24(27)30-23)5-2-4-18-8-10-19(11-9-18)29-25(32)31-12-14-33-15-13-31/h3,6-11,16H,2,4-5,12-15H2,1H3,(H,29,32)(H2,27,28,30). The van der Waals surface area contributed by atoms with Crippen LogP contribution >= 0.6 is 11.6 Å². The molecule has 2 heterocycles. The SMILES string of the molecule is Cc1c(Cl)cccc1-c1cc(CCCc2ccc(NC(=O)N3CCOCC3)cc2)nc(N)n1. The van der Waals surface area contributed by atoms with Gasteiger partial charge in [-0.05, 0) is 61.6 Å². The molecule has 172 valence electrons. The zero-order valence-electron chi connectivity index (χ0n) is 18.7. The van der Waals surface area contributed by atoms with E-state index in [1.807, 2.05) is 55.5 Å². The Labute approximate surface area is 198 Å². The number of hydrogen-bond donors (Lipinski definition) is 2. The lowest BCUT2D eigenvalue weighted by Crippen LogP contribution is -2.43. The number of morpholine rings is 1. The maximum Gasteiger partial charge on any atom is 0.321 e. The summed E-state index contributed by atoms with van der Waals surface area (Å²) in [5.74, 6) is 0.266. The molecule has 0 spiro atoms. The van der Waals surface area contributed by atoms with Crippen LogP contribution in [0.15, 0.2) is 48.5 Å². The first-order valence-electron chi connectivity index (χ1n) is 11.1. The molecule has 0 aliphatic carbocycles. The molecule has 4 rings (SSSR count). The van der Waals surface area contributed by atoms with Crippen LogP contribution < -0.4 is 11.1 Å². The van der Waals surface area contributed by atoms with Crippen LogP contribution in [0.3, 0.4) is 0 Å². The van der Waals surface area contributed by atoms with Gasteiger partial charge in [0.25, 0.3) is 0 Å². The third kappa shape index (κ3) is 6.00. The molecular weight excluding hydrogens is 438 g/mol. The van der Waals surface area contributed by atoms with Crippen LogP contribution in [0.2, 0.25) is 5.02 Å². The Hall–Kier alpha value is -3.16. The number of aryl methyl sites for hydroxylation is 2. The van der Waals surface area contributed by atoms with Crippen molar-refractivity contribution in [1.29, 1.82) is 0 Å². The number of urea groups is 1. The number of hydrogen-bond acceptors (Lipinski definition) is 5. The number of nitrogen functional groups attached to an aromatic ring is 1. The molecular formula is C25H28ClN5O2. The van der Waals surface area contributed by atoms with Crippen LogP contribution in [0.25, 0.3) is 11.3 Å². The maximum absolute atomic E-state index is 12.3. The lowest BCUT2D eigenvalue weighted by Gasteiger charge is -2.26. The lowest BCUT2D eigenvalue weighted by atomic mass is 10.0. The maximum atomic E-state index is 12.3. The minimum absolute atomic E-state index is 0.0851. The highest BCUT2D eigenvalue weighted by molar-refractivity contribution is 6.31. The van der Waals surface area contributed by atoms with E-state index in [2.05, 4.69) is 15.3 Å². The Morgan fingerprint density at radius 2 is 1.88 bits per heavy atom. The predicted molar refractivity (Wildman–Crippen MR) is 132 cm³/mol. The molecule has 1 saturated heterocycles. The number of nitrogens with one attached hydrogen (secondary N) is 1. The molecule has 0 saturated carbocycles. The minimum atomic E-state index is -0.0851. The van der Waals surface area contributed by atoms with E-state index in [9.17, 15) is 4.79 Å². The summed E-state index contributed by atoms with van der Waals surface area (Å²) in [4.78, 5) is 22.9. The average molecular weight is 466 g/mol. The van der Waals surface area contributed by atoms with Gasteiger partial charge in [-0.25, -0.2) is 14.8 Å². The van der Waals surface area contributed by atoms with Gasteiger partial charge in [-0.3, -0.25) is 0 Å². The van der Waals surface area contributed by atoms with Crippen LogP contribution in [0.5, 0.6) is 0 Å². The molecule has 2 aromatic carbocycles. The van der Waals surface area contributed by atoms with Crippen molar-refractivity contribution in [2.45, 2.75) is 26.2 Å². The minimum Gasteiger partial charge on any atom is -0.378 e. The number of aromatic nitrogens is 2. The molecule has 33 heavy (non-hydrogen) atoms. The van der Waals surface area contributed by atoms with Crippen LogP contribution in [0, 0.1) is 6.92 Å². The first-order valence-corrected chi connectivity index (χ1v) is 11.5. The third-order valence-electron chi connectivity index (χ3n) is 5.74. The molecule has 1 aromatic heterocycles. The van der Waals surface area contributed by atoms with Crippen molar-refractivity contribution in [3.05, 3.63) is 70.4 Å². The third-order valence-corrected chi connectivity index (χ3v) is 6.15. The number of halogens is 1. The number of rotatable bonds is 6. The number of carbonyl (C=O) groups is 1. The van der Waals surface area contributed by atoms with E-state index in [0.717, 1.165) is 47.5 Å². The summed E-state index contributed by atoms with van der Waals surface area (Å²) in [5, 5.41) is 3.65. The molecule has 1 aliphatic heterocycles. The summed E-state index contributed by atoms with van der Waals surface area (Å²) < 4.78 is 5.29. The predicted octanol–water partition coefficient (Wildman–Crippen LogP) is 4.73. The quantitative estimate of drug-likeness (QED) is 0.549. The van der Waals surface area contributed by atoms with Gasteiger partial charge in [0, 0.05) is 35.1 Å². The fourth-order valence-electron chi connectivity index (χ4n) is 3.87. The van der Waals surface area contributed by atoms with Gasteiger partial charge in [0.2, 0.25) is 5.95 Å². The van der Waals surface area contributed by atoms with Gasteiger partial charge in [-0.15, -0.1) is 0 Å². The summed E-state index contributed by atoms with van der Waals surface area (Å²) in [6.45, 7) is 4.39. The molecule has 2 amide bonds. The van der Waals surface area contributed by atoms with Crippen molar-refractivity contribution < 1.29 is 9.53 Å². The second-order valence-corrected chi connectivity index (χ2v) is 8.50. The molecule has 3 aromatic rings. The molecule has 1 fully saturated rings. The molecule has 0 unspecified atom stereocenters. The van der Waals surface area contributed by atoms with Gasteiger partial charge < -0.3 is 20.7 Å². The Morgan fingerprint density at radius 3 is 2.64 bits per heavy atom. The van der Waals surface area contributed by atoms with E-state index >= 15 is 0 Å². The van der Waals surface area contributed by atoms with Crippen molar-refractivity contribution in [1.82, 2.24) is 14.9 Å². The molecule has 1 aliphatic rings. The summed E-state index contributed by atoms with van der Waals surface area (Å²) >= 11 is 6.27. The molecule has 7 nitrogen and oxygen atoms in total. The Bertz CT molecular complexity index is 1110. The Morgan fingerprint density at radius 1 is 1.12 bits per heavy atom. The van der Waals surface area contributed by atoms with E-state index in [0.29, 0.717) is 31.3 Å². The molecule has 0 radical (unpaired) electrons. The lowest BCUT2D eigenvalue weighted by molar-refractivity contribution is 0.0564. The second-order valence-electron chi connectivity index (χ2n) is 8.10. The highest BCUT2D eigenvalue weighted by Crippen LogP contribution is 2.28. The first-order chi connectivity index (χ1) is 16.0. The van der Waals surface area contributed by atoms with Crippen molar-refractivity contribution in [2.75, 3.05) is 37.4 Å². The summed E-state index contributed by atoms with van der Waals surface area (Å²) in [6, 6.07) is 15.6. The van der Waals surface area contributed by atoms with Gasteiger partial charge in [0.05, 0.1) is 18.9 Å². The van der Waals surface area contributed by atoms with Crippen molar-refractivity contribution in [3.8, 4) is 11.3 Å². The summed E-state index contributed by atoms with van der Waals surface area (Å²) in [6.07, 6.45) is 2.60. The van der Waals surface area contributed by atoms with E-state index in [-0.39, 0.29) is 12.0 Å². The van der Waals surface area contributed by atoms with E-state index < -0.39 is 0 Å². The Balaban J connectivity index is 1.33. The van der Waals surface area contributed by atoms with Crippen LogP contribution in [0.4, 0.5) is 16.4 Å². The number of nitrogens with two attached hydrogens (primary N) is 1. The van der Waals surface area contributed by atoms with Gasteiger partial charge in [-0.2, -0.15) is 0 Å². The van der Waals surface area contributed by atoms with Crippen LogP contribution in [-0.4, -0.2) is 47.2 Å². The average Bonchev–Trinajstić information content (AvgIpc) is 2.82. The molecule has 0 bridgehead atoms. The highest BCUT2D eigenvalue weighted by atomic mass is 35.5. The number of amides is 2. The van der Waals surface area contributed by atoms with E-state index in [1.165, 1.54) is 5.56 Å². The summed E-state index contributed by atoms with van der Waals surface area (Å²) in [7, 11) is 0. The second kappa shape index (κ2) is 10.6. The van der Waals surface area contributed by atoms with Crippen molar-refractivity contribution in [3.63, 3.8) is 0 Å². The van der Waals surface area contributed by atoms with Crippen LogP contribution in [0.1, 0.15) is 23.2 Å². The molecule has 8 heteroatoms. The molecule has 3 N–H and O–H groups in total. The van der Waals surface area contributed by atoms with Gasteiger partial charge in [-0.1, -0.05) is 35.9 Å². The van der Waals surface area contributed by atoms with Gasteiger partial charge >= 0.3 is 6.03 Å². The number of ether oxygens (including phenoxy) is 1. The zero-order valence-corrected chi connectivity index (χ0v) is 19.4. The van der Waals surface area contributed by atoms with Crippen molar-refractivity contribution in [2.24, 2.45) is 0 Å². The number of benzene rings is 2. The van der Waals surface area contributed by atoms with E-state index in [1.54, 1.807) is 4.90 Å². The first kappa shape index (κ1) is 23.0. The van der Waals surface area contributed by atoms with Gasteiger partial charge in [0.1, 0.15) is 0 Å². The number of nitrogens with zero attached hydrogens (tertiary/aromatic N) is 3. The smallest absolute Gasteiger partial charge is 0.321 e. The van der Waals surface area contributed by atoms with E-state index in [4.69, 9.17) is 22.1 Å². The highest BCUT2D eigenvalue weighted by Gasteiger charge is 2.16. The van der Waals surface area contributed by atoms with Crippen molar-refractivity contribution >= 4 is 29.3 Å². The fourth-order valence-corrected chi connectivity index (χ4v) is 4.04.